The van der Waals surface area contributed by atoms with Gasteiger partial charge in [-0.05, 0) is 36.1 Å². The highest BCUT2D eigenvalue weighted by molar-refractivity contribution is 7.11. The minimum absolute atomic E-state index is 0.153. The van der Waals surface area contributed by atoms with E-state index in [9.17, 15) is 10.1 Å². The monoisotopic (exact) mass is 497 g/mol. The van der Waals surface area contributed by atoms with Crippen LogP contribution in [-0.2, 0) is 6.42 Å². The van der Waals surface area contributed by atoms with E-state index in [-0.39, 0.29) is 5.78 Å². The molecule has 35 heavy (non-hydrogen) atoms. The van der Waals surface area contributed by atoms with Crippen molar-refractivity contribution < 1.29 is 4.79 Å². The Balaban J connectivity index is 1.57. The van der Waals surface area contributed by atoms with Crippen molar-refractivity contribution in [2.24, 2.45) is 5.92 Å². The SMILES string of the molecule is CC(C)Cc1ccc(-c2csc(C(C#N)=CNc3ccc(Cl)cc3C(=O)c3ccccc3)n2)cc1. The number of anilines is 1. The molecule has 6 heteroatoms. The van der Waals surface area contributed by atoms with Gasteiger partial charge in [-0.15, -0.1) is 11.3 Å². The smallest absolute Gasteiger partial charge is 0.195 e. The third-order valence-electron chi connectivity index (χ3n) is 5.38. The van der Waals surface area contributed by atoms with Crippen molar-refractivity contribution in [1.82, 2.24) is 4.98 Å². The van der Waals surface area contributed by atoms with Crippen molar-refractivity contribution in [3.05, 3.63) is 111 Å². The first-order valence-electron chi connectivity index (χ1n) is 11.3. The Labute approximate surface area is 214 Å². The molecule has 0 aliphatic rings. The second kappa shape index (κ2) is 11.1. The zero-order valence-corrected chi connectivity index (χ0v) is 21.0. The number of thiazole rings is 1. The molecule has 1 aromatic heterocycles. The van der Waals surface area contributed by atoms with Gasteiger partial charge in [0.05, 0.1) is 5.69 Å². The van der Waals surface area contributed by atoms with E-state index in [0.717, 1.165) is 17.7 Å². The standard InChI is InChI=1S/C29H24ClN3OS/c1-19(2)14-20-8-10-21(11-9-20)27-18-35-29(33-27)23(16-31)17-32-26-13-12-24(30)15-25(26)28(34)22-6-4-3-5-7-22/h3-13,15,17-19,32H,14H2,1-2H3. The predicted molar refractivity (Wildman–Crippen MR) is 145 cm³/mol. The van der Waals surface area contributed by atoms with Gasteiger partial charge in [-0.25, -0.2) is 4.98 Å². The molecule has 0 saturated heterocycles. The zero-order valence-electron chi connectivity index (χ0n) is 19.5. The summed E-state index contributed by atoms with van der Waals surface area (Å²) in [6.07, 6.45) is 2.62. The summed E-state index contributed by atoms with van der Waals surface area (Å²) in [5, 5.41) is 15.9. The Morgan fingerprint density at radius 3 is 2.54 bits per heavy atom. The topological polar surface area (TPSA) is 65.8 Å². The second-order valence-electron chi connectivity index (χ2n) is 8.53. The summed E-state index contributed by atoms with van der Waals surface area (Å²) in [5.74, 6) is 0.451. The number of allylic oxidation sites excluding steroid dienone is 1. The van der Waals surface area contributed by atoms with Crippen LogP contribution >= 0.6 is 22.9 Å². The quantitative estimate of drug-likeness (QED) is 0.198. The van der Waals surface area contributed by atoms with Gasteiger partial charge in [-0.1, -0.05) is 80.0 Å². The molecule has 4 nitrogen and oxygen atoms in total. The van der Waals surface area contributed by atoms with Crippen LogP contribution in [0.5, 0.6) is 0 Å². The number of hydrogen-bond acceptors (Lipinski definition) is 5. The van der Waals surface area contributed by atoms with Crippen LogP contribution in [0.15, 0.2) is 84.4 Å². The summed E-state index contributed by atoms with van der Waals surface area (Å²) in [6, 6.07) is 24.7. The summed E-state index contributed by atoms with van der Waals surface area (Å²) in [7, 11) is 0. The normalized spacial score (nSPS) is 11.3. The molecular weight excluding hydrogens is 474 g/mol. The number of ketones is 1. The molecule has 0 fully saturated rings. The number of rotatable bonds is 8. The number of nitriles is 1. The van der Waals surface area contributed by atoms with E-state index in [2.05, 4.69) is 54.5 Å². The van der Waals surface area contributed by atoms with Crippen LogP contribution in [0.1, 0.15) is 40.3 Å². The first-order chi connectivity index (χ1) is 16.9. The number of hydrogen-bond donors (Lipinski definition) is 1. The van der Waals surface area contributed by atoms with Crippen molar-refractivity contribution in [3.63, 3.8) is 0 Å². The summed E-state index contributed by atoms with van der Waals surface area (Å²) < 4.78 is 0. The third kappa shape index (κ3) is 6.05. The Morgan fingerprint density at radius 2 is 1.86 bits per heavy atom. The molecular formula is C29H24ClN3OS. The number of aromatic nitrogens is 1. The molecule has 3 aromatic carbocycles. The number of carbonyl (C=O) groups is 1. The van der Waals surface area contributed by atoms with Gasteiger partial charge in [0.25, 0.3) is 0 Å². The highest BCUT2D eigenvalue weighted by Gasteiger charge is 2.15. The molecule has 1 heterocycles. The van der Waals surface area contributed by atoms with Gasteiger partial charge < -0.3 is 5.32 Å². The van der Waals surface area contributed by atoms with Crippen LogP contribution in [0, 0.1) is 17.2 Å². The highest BCUT2D eigenvalue weighted by atomic mass is 35.5. The maximum absolute atomic E-state index is 13.1. The van der Waals surface area contributed by atoms with Crippen molar-refractivity contribution >= 4 is 40.0 Å². The Morgan fingerprint density at radius 1 is 1.11 bits per heavy atom. The first-order valence-corrected chi connectivity index (χ1v) is 12.5. The molecule has 0 radical (unpaired) electrons. The van der Waals surface area contributed by atoms with Gasteiger partial charge in [0, 0.05) is 39.0 Å². The van der Waals surface area contributed by atoms with Crippen LogP contribution in [0.25, 0.3) is 16.8 Å². The molecule has 0 bridgehead atoms. The van der Waals surface area contributed by atoms with E-state index < -0.39 is 0 Å². The number of carbonyl (C=O) groups excluding carboxylic acids is 1. The van der Waals surface area contributed by atoms with E-state index >= 15 is 0 Å². The zero-order chi connectivity index (χ0) is 24.8. The number of nitrogens with one attached hydrogen (secondary N) is 1. The maximum Gasteiger partial charge on any atom is 0.195 e. The van der Waals surface area contributed by atoms with E-state index in [4.69, 9.17) is 11.6 Å². The molecule has 0 atom stereocenters. The molecule has 0 spiro atoms. The Bertz CT molecular complexity index is 1400. The average molecular weight is 498 g/mol. The Hall–Kier alpha value is -3.72. The number of nitrogens with zero attached hydrogens (tertiary/aromatic N) is 2. The lowest BCUT2D eigenvalue weighted by atomic mass is 10.0. The lowest BCUT2D eigenvalue weighted by Crippen LogP contribution is -2.05. The molecule has 4 rings (SSSR count). The fraction of sp³-hybridized carbons (Fsp3) is 0.138. The lowest BCUT2D eigenvalue weighted by molar-refractivity contribution is 0.103. The lowest BCUT2D eigenvalue weighted by Gasteiger charge is -2.10. The minimum Gasteiger partial charge on any atom is -0.360 e. The first kappa shape index (κ1) is 24.4. The summed E-state index contributed by atoms with van der Waals surface area (Å²) in [5.41, 5.74) is 5.07. The second-order valence-corrected chi connectivity index (χ2v) is 9.83. The van der Waals surface area contributed by atoms with Crippen molar-refractivity contribution in [2.75, 3.05) is 5.32 Å². The summed E-state index contributed by atoms with van der Waals surface area (Å²) in [4.78, 5) is 17.7. The van der Waals surface area contributed by atoms with Gasteiger partial charge in [-0.2, -0.15) is 5.26 Å². The fourth-order valence-corrected chi connectivity index (χ4v) is 4.65. The van der Waals surface area contributed by atoms with Gasteiger partial charge in [0.15, 0.2) is 5.78 Å². The molecule has 0 unspecified atom stereocenters. The highest BCUT2D eigenvalue weighted by Crippen LogP contribution is 2.28. The van der Waals surface area contributed by atoms with Crippen molar-refractivity contribution in [1.29, 1.82) is 5.26 Å². The van der Waals surface area contributed by atoms with Crippen LogP contribution in [0.4, 0.5) is 5.69 Å². The van der Waals surface area contributed by atoms with Crippen LogP contribution in [0.2, 0.25) is 5.02 Å². The van der Waals surface area contributed by atoms with Crippen LogP contribution in [-0.4, -0.2) is 10.8 Å². The molecule has 1 N–H and O–H groups in total. The summed E-state index contributed by atoms with van der Waals surface area (Å²) >= 11 is 7.58. The largest absolute Gasteiger partial charge is 0.360 e. The predicted octanol–water partition coefficient (Wildman–Crippen LogP) is 7.87. The number of halogens is 1. The minimum atomic E-state index is -0.153. The maximum atomic E-state index is 13.1. The van der Waals surface area contributed by atoms with Gasteiger partial charge >= 0.3 is 0 Å². The average Bonchev–Trinajstić information content (AvgIpc) is 3.35. The van der Waals surface area contributed by atoms with Crippen LogP contribution in [0.3, 0.4) is 0 Å². The fourth-order valence-electron chi connectivity index (χ4n) is 3.68. The number of benzene rings is 3. The molecule has 0 saturated carbocycles. The van der Waals surface area contributed by atoms with Gasteiger partial charge in [0.2, 0.25) is 0 Å². The molecule has 0 amide bonds. The molecule has 4 aromatic rings. The third-order valence-corrected chi connectivity index (χ3v) is 6.49. The van der Waals surface area contributed by atoms with E-state index in [0.29, 0.717) is 38.3 Å². The Kier molecular flexibility index (Phi) is 7.77. The van der Waals surface area contributed by atoms with E-state index in [1.54, 1.807) is 36.5 Å². The van der Waals surface area contributed by atoms with Crippen LogP contribution < -0.4 is 5.32 Å². The molecule has 0 aliphatic carbocycles. The molecule has 0 aliphatic heterocycles. The van der Waals surface area contributed by atoms with Gasteiger partial charge in [0.1, 0.15) is 16.6 Å². The van der Waals surface area contributed by atoms with E-state index in [1.165, 1.54) is 16.9 Å². The van der Waals surface area contributed by atoms with Gasteiger partial charge in [-0.3, -0.25) is 4.79 Å². The molecule has 174 valence electrons. The van der Waals surface area contributed by atoms with E-state index in [1.807, 2.05) is 23.6 Å². The summed E-state index contributed by atoms with van der Waals surface area (Å²) in [6.45, 7) is 4.41. The van der Waals surface area contributed by atoms with Crippen molar-refractivity contribution in [3.8, 4) is 17.3 Å². The van der Waals surface area contributed by atoms with Crippen molar-refractivity contribution in [2.45, 2.75) is 20.3 Å².